The monoisotopic (exact) mass is 363 g/mol. The van der Waals surface area contributed by atoms with Gasteiger partial charge in [-0.1, -0.05) is 0 Å². The lowest BCUT2D eigenvalue weighted by Crippen LogP contribution is -2.46. The molecule has 0 saturated heterocycles. The van der Waals surface area contributed by atoms with Crippen LogP contribution in [-0.2, 0) is 28.5 Å². The number of Topliss-reactive ketones (excluding diaryl/α,β-unsaturated/α-hetero) is 1. The molecular weight excluding hydrogens is 338 g/mol. The first-order valence-corrected chi connectivity index (χ1v) is 7.56. The Kier molecular flexibility index (Phi) is 9.50. The Hall–Kier alpha value is -2.36. The SMILES string of the molecule is CC(C)OC(=O)OCOCC(=O)[C@H](CC(=O)O)NC(=O)OC(C)(C)C. The number of alkyl carbamates (subject to hydrolysis) is 1. The number of hydrogen-bond donors (Lipinski definition) is 2. The van der Waals surface area contributed by atoms with Crippen LogP contribution in [0, 0.1) is 0 Å². The molecule has 0 fully saturated rings. The second-order valence-electron chi connectivity index (χ2n) is 6.29. The number of ketones is 1. The van der Waals surface area contributed by atoms with Gasteiger partial charge >= 0.3 is 18.2 Å². The Balaban J connectivity index is 4.42. The first kappa shape index (κ1) is 22.6. The van der Waals surface area contributed by atoms with Gasteiger partial charge in [0.2, 0.25) is 0 Å². The van der Waals surface area contributed by atoms with Crippen molar-refractivity contribution in [2.45, 2.75) is 58.8 Å². The van der Waals surface area contributed by atoms with Gasteiger partial charge in [-0.25, -0.2) is 9.59 Å². The van der Waals surface area contributed by atoms with E-state index in [-0.39, 0.29) is 6.10 Å². The number of carbonyl (C=O) groups excluding carboxylic acids is 3. The molecule has 144 valence electrons. The average molecular weight is 363 g/mol. The Morgan fingerprint density at radius 3 is 2.20 bits per heavy atom. The fraction of sp³-hybridized carbons (Fsp3) is 0.733. The number of aliphatic carboxylic acids is 1. The van der Waals surface area contributed by atoms with Crippen LogP contribution < -0.4 is 5.32 Å². The van der Waals surface area contributed by atoms with E-state index in [1.807, 2.05) is 0 Å². The van der Waals surface area contributed by atoms with Crippen molar-refractivity contribution >= 4 is 24.0 Å². The van der Waals surface area contributed by atoms with Crippen LogP contribution in [0.2, 0.25) is 0 Å². The highest BCUT2D eigenvalue weighted by molar-refractivity contribution is 5.91. The summed E-state index contributed by atoms with van der Waals surface area (Å²) in [5.41, 5.74) is -0.804. The van der Waals surface area contributed by atoms with E-state index in [0.29, 0.717) is 0 Å². The summed E-state index contributed by atoms with van der Waals surface area (Å²) in [5, 5.41) is 11.0. The summed E-state index contributed by atoms with van der Waals surface area (Å²) in [4.78, 5) is 45.6. The maximum absolute atomic E-state index is 12.0. The van der Waals surface area contributed by atoms with Crippen molar-refractivity contribution in [1.29, 1.82) is 0 Å². The zero-order valence-corrected chi connectivity index (χ0v) is 15.0. The predicted molar refractivity (Wildman–Crippen MR) is 83.9 cm³/mol. The molecule has 1 atom stereocenters. The minimum absolute atomic E-state index is 0.368. The zero-order chi connectivity index (χ0) is 19.6. The Morgan fingerprint density at radius 2 is 1.72 bits per heavy atom. The quantitative estimate of drug-likeness (QED) is 0.354. The molecule has 0 rings (SSSR count). The minimum Gasteiger partial charge on any atom is -0.481 e. The highest BCUT2D eigenvalue weighted by Gasteiger charge is 2.26. The van der Waals surface area contributed by atoms with E-state index in [4.69, 9.17) is 14.6 Å². The summed E-state index contributed by atoms with van der Waals surface area (Å²) in [6.45, 7) is 7.01. The van der Waals surface area contributed by atoms with E-state index in [2.05, 4.69) is 14.8 Å². The average Bonchev–Trinajstić information content (AvgIpc) is 2.39. The molecule has 0 bridgehead atoms. The van der Waals surface area contributed by atoms with E-state index in [1.54, 1.807) is 34.6 Å². The highest BCUT2D eigenvalue weighted by Crippen LogP contribution is 2.07. The molecule has 0 saturated carbocycles. The van der Waals surface area contributed by atoms with Gasteiger partial charge in [-0.3, -0.25) is 9.59 Å². The molecule has 0 aromatic rings. The maximum Gasteiger partial charge on any atom is 0.510 e. The third-order valence-corrected chi connectivity index (χ3v) is 2.29. The number of amides is 1. The van der Waals surface area contributed by atoms with Gasteiger partial charge in [0.25, 0.3) is 0 Å². The number of nitrogens with one attached hydrogen (secondary N) is 1. The lowest BCUT2D eigenvalue weighted by Gasteiger charge is -2.22. The van der Waals surface area contributed by atoms with E-state index >= 15 is 0 Å². The fourth-order valence-electron chi connectivity index (χ4n) is 1.43. The van der Waals surface area contributed by atoms with Crippen LogP contribution in [0.15, 0.2) is 0 Å². The zero-order valence-electron chi connectivity index (χ0n) is 15.0. The lowest BCUT2D eigenvalue weighted by molar-refractivity contribution is -0.141. The van der Waals surface area contributed by atoms with Crippen LogP contribution in [0.5, 0.6) is 0 Å². The molecule has 0 aliphatic heterocycles. The summed E-state index contributed by atoms with van der Waals surface area (Å²) in [6, 6.07) is -1.34. The molecule has 0 aromatic carbocycles. The fourth-order valence-corrected chi connectivity index (χ4v) is 1.43. The van der Waals surface area contributed by atoms with Crippen molar-refractivity contribution in [3.8, 4) is 0 Å². The van der Waals surface area contributed by atoms with Crippen LogP contribution in [0.4, 0.5) is 9.59 Å². The van der Waals surface area contributed by atoms with Gasteiger partial charge in [0.15, 0.2) is 12.6 Å². The van der Waals surface area contributed by atoms with E-state index in [9.17, 15) is 19.2 Å². The standard InChI is InChI=1S/C15H25NO9/c1-9(2)24-14(21)23-8-22-7-11(17)10(6-12(18)19)16-13(20)25-15(3,4)5/h9-10H,6-8H2,1-5H3,(H,16,20)(H,18,19)/t10-/m0/s1. The van der Waals surface area contributed by atoms with Crippen molar-refractivity contribution in [3.63, 3.8) is 0 Å². The molecule has 10 heteroatoms. The van der Waals surface area contributed by atoms with E-state index in [0.717, 1.165) is 0 Å². The molecule has 0 radical (unpaired) electrons. The number of carbonyl (C=O) groups is 4. The van der Waals surface area contributed by atoms with Crippen molar-refractivity contribution < 1.29 is 43.2 Å². The molecule has 0 aromatic heterocycles. The van der Waals surface area contributed by atoms with Gasteiger partial charge in [0.05, 0.1) is 12.5 Å². The first-order valence-electron chi connectivity index (χ1n) is 7.56. The molecular formula is C15H25NO9. The summed E-state index contributed by atoms with van der Waals surface area (Å²) < 4.78 is 19.0. The summed E-state index contributed by atoms with van der Waals surface area (Å²) >= 11 is 0. The molecule has 2 N–H and O–H groups in total. The third-order valence-electron chi connectivity index (χ3n) is 2.29. The van der Waals surface area contributed by atoms with Gasteiger partial charge in [0.1, 0.15) is 18.2 Å². The van der Waals surface area contributed by atoms with Crippen molar-refractivity contribution in [1.82, 2.24) is 5.32 Å². The summed E-state index contributed by atoms with van der Waals surface area (Å²) in [7, 11) is 0. The maximum atomic E-state index is 12.0. The largest absolute Gasteiger partial charge is 0.510 e. The molecule has 1 amide bonds. The number of rotatable bonds is 9. The lowest BCUT2D eigenvalue weighted by atomic mass is 10.1. The van der Waals surface area contributed by atoms with E-state index < -0.39 is 55.5 Å². The molecule has 0 heterocycles. The topological polar surface area (TPSA) is 137 Å². The molecule has 10 nitrogen and oxygen atoms in total. The number of hydrogen-bond acceptors (Lipinski definition) is 8. The van der Waals surface area contributed by atoms with Crippen LogP contribution in [0.1, 0.15) is 41.0 Å². The van der Waals surface area contributed by atoms with Crippen LogP contribution in [0.25, 0.3) is 0 Å². The second kappa shape index (κ2) is 10.5. The minimum atomic E-state index is -1.34. The van der Waals surface area contributed by atoms with Crippen molar-refractivity contribution in [3.05, 3.63) is 0 Å². The molecule has 0 unspecified atom stereocenters. The second-order valence-corrected chi connectivity index (χ2v) is 6.29. The summed E-state index contributed by atoms with van der Waals surface area (Å²) in [6.07, 6.45) is -2.90. The van der Waals surface area contributed by atoms with Crippen LogP contribution in [-0.4, -0.2) is 60.3 Å². The Labute approximate surface area is 145 Å². The van der Waals surface area contributed by atoms with Gasteiger partial charge in [0, 0.05) is 0 Å². The van der Waals surface area contributed by atoms with Gasteiger partial charge in [-0.15, -0.1) is 0 Å². The molecule has 25 heavy (non-hydrogen) atoms. The van der Waals surface area contributed by atoms with Crippen LogP contribution >= 0.6 is 0 Å². The molecule has 0 aliphatic carbocycles. The highest BCUT2D eigenvalue weighted by atomic mass is 16.8. The third kappa shape index (κ3) is 12.7. The van der Waals surface area contributed by atoms with Crippen molar-refractivity contribution in [2.24, 2.45) is 0 Å². The Morgan fingerprint density at radius 1 is 1.12 bits per heavy atom. The first-order chi connectivity index (χ1) is 11.4. The number of ether oxygens (including phenoxy) is 4. The smallest absolute Gasteiger partial charge is 0.481 e. The normalized spacial score (nSPS) is 12.2. The molecule has 0 aliphatic rings. The summed E-state index contributed by atoms with van der Waals surface area (Å²) in [5.74, 6) is -2.00. The molecule has 0 spiro atoms. The predicted octanol–water partition coefficient (Wildman–Crippen LogP) is 1.46. The number of carboxylic acid groups (broad SMARTS) is 1. The van der Waals surface area contributed by atoms with E-state index in [1.165, 1.54) is 0 Å². The Bertz CT molecular complexity index is 482. The van der Waals surface area contributed by atoms with Gasteiger partial charge in [-0.05, 0) is 34.6 Å². The van der Waals surface area contributed by atoms with Gasteiger partial charge in [-0.2, -0.15) is 0 Å². The number of carboxylic acids is 1. The van der Waals surface area contributed by atoms with Gasteiger partial charge < -0.3 is 29.4 Å². The van der Waals surface area contributed by atoms with Crippen LogP contribution in [0.3, 0.4) is 0 Å². The van der Waals surface area contributed by atoms with Crippen molar-refractivity contribution in [2.75, 3.05) is 13.4 Å².